The van der Waals surface area contributed by atoms with Crippen molar-refractivity contribution in [1.82, 2.24) is 49.3 Å². The monoisotopic (exact) mass is 1920 g/mol. The first kappa shape index (κ1) is 109. The third-order valence-corrected chi connectivity index (χ3v) is 38.7. The Bertz CT molecular complexity index is 5030. The molecule has 17 nitrogen and oxygen atoms in total. The van der Waals surface area contributed by atoms with Crippen LogP contribution in [0.3, 0.4) is 0 Å². The van der Waals surface area contributed by atoms with Gasteiger partial charge in [0.15, 0.2) is 0 Å². The summed E-state index contributed by atoms with van der Waals surface area (Å²) in [5.74, 6) is 0. The summed E-state index contributed by atoms with van der Waals surface area (Å²) in [6.45, 7) is 78.1. The van der Waals surface area contributed by atoms with E-state index < -0.39 is 0 Å². The SMILES string of the molecule is CC(C)(C)N1CCC2(CC1)Cc1ncccc1[C@@H]2N.CCc1cnc2c(c1)[C@@H](N)C1(CCN(C(C)(C)C)CC1)C2.CCc1cnc2c(c1)[C@H](N)C1(CCN(C(C)(C)C)CC1)C2.Cc1ccc2c(c1)CC1(CCN(C(C)(C)C)CC1)[C@@H]2N.Cc1ccc2c(c1)CC1(CCN(C(C)(C)C)CC1)[C@@H]2N.Cc1ccc2c(c1)CC1(CCN(C(C)(C)C)CC1)[C@H]2N.Cc1ccc2c(c1)[C@@H](N)C1(CCN(C(C)(C)C)CC1)C2. The Morgan fingerprint density at radius 1 is 0.241 bits per heavy atom. The maximum absolute atomic E-state index is 6.68. The second kappa shape index (κ2) is 41.4. The molecule has 776 valence electrons. The van der Waals surface area contributed by atoms with Crippen LogP contribution in [0.25, 0.3) is 0 Å². The maximum atomic E-state index is 6.68. The van der Waals surface area contributed by atoms with Crippen LogP contribution in [0.15, 0.2) is 116 Å². The van der Waals surface area contributed by atoms with Crippen molar-refractivity contribution in [2.75, 3.05) is 91.6 Å². The van der Waals surface area contributed by atoms with Crippen LogP contribution in [0.1, 0.15) is 403 Å². The lowest BCUT2D eigenvalue weighted by atomic mass is 9.72. The molecular formula is C124H195N17. The summed E-state index contributed by atoms with van der Waals surface area (Å²) in [6.07, 6.45) is 33.1. The van der Waals surface area contributed by atoms with Crippen LogP contribution in [0.4, 0.5) is 0 Å². The van der Waals surface area contributed by atoms with E-state index in [9.17, 15) is 0 Å². The van der Waals surface area contributed by atoms with E-state index in [1.54, 1.807) is 0 Å². The molecule has 4 aromatic carbocycles. The van der Waals surface area contributed by atoms with Crippen molar-refractivity contribution in [3.05, 3.63) is 227 Å². The van der Waals surface area contributed by atoms with Gasteiger partial charge in [0.2, 0.25) is 0 Å². The molecule has 7 saturated heterocycles. The molecule has 21 rings (SSSR count). The minimum atomic E-state index is 0.175. The van der Waals surface area contributed by atoms with Crippen molar-refractivity contribution >= 4 is 0 Å². The Morgan fingerprint density at radius 2 is 0.454 bits per heavy atom. The summed E-state index contributed by atoms with van der Waals surface area (Å²) < 4.78 is 0. The third-order valence-electron chi connectivity index (χ3n) is 38.7. The van der Waals surface area contributed by atoms with Gasteiger partial charge in [-0.25, -0.2) is 0 Å². The van der Waals surface area contributed by atoms with Gasteiger partial charge in [0, 0.05) is 117 Å². The van der Waals surface area contributed by atoms with Crippen LogP contribution < -0.4 is 40.1 Å². The number of hydrogen-bond donors (Lipinski definition) is 7. The molecule has 7 aromatic rings. The fourth-order valence-corrected chi connectivity index (χ4v) is 28.3. The van der Waals surface area contributed by atoms with E-state index in [2.05, 4.69) is 317 Å². The van der Waals surface area contributed by atoms with Crippen LogP contribution in [0.2, 0.25) is 0 Å². The van der Waals surface area contributed by atoms with Crippen molar-refractivity contribution in [2.24, 2.45) is 78.0 Å². The number of hydrogen-bond acceptors (Lipinski definition) is 17. The van der Waals surface area contributed by atoms with E-state index in [4.69, 9.17) is 50.1 Å². The first-order valence-electron chi connectivity index (χ1n) is 55.7. The number of fused-ring (bicyclic) bond motifs is 7. The molecule has 17 heteroatoms. The van der Waals surface area contributed by atoms with E-state index in [1.807, 2.05) is 24.7 Å². The lowest BCUT2D eigenvalue weighted by Crippen LogP contribution is -2.51. The summed E-state index contributed by atoms with van der Waals surface area (Å²) >= 11 is 0. The van der Waals surface area contributed by atoms with Crippen LogP contribution in [-0.4, -0.2) is 180 Å². The Labute approximate surface area is 856 Å². The lowest BCUT2D eigenvalue weighted by molar-refractivity contribution is 0.0342. The molecule has 14 N–H and O–H groups in total. The Morgan fingerprint density at radius 3 is 0.702 bits per heavy atom. The Kier molecular flexibility index (Phi) is 32.0. The van der Waals surface area contributed by atoms with Crippen LogP contribution in [0, 0.1) is 65.6 Å². The van der Waals surface area contributed by atoms with Gasteiger partial charge >= 0.3 is 0 Å². The first-order valence-corrected chi connectivity index (χ1v) is 55.7. The number of likely N-dealkylation sites (tertiary alicyclic amines) is 7. The average molecular weight is 1920 g/mol. The number of nitrogens with zero attached hydrogens (tertiary/aromatic N) is 10. The van der Waals surface area contributed by atoms with E-state index in [-0.39, 0.29) is 97.3 Å². The van der Waals surface area contributed by atoms with E-state index in [0.717, 1.165) is 71.4 Å². The highest BCUT2D eigenvalue weighted by molar-refractivity contribution is 5.46. The minimum Gasteiger partial charge on any atom is -0.323 e. The van der Waals surface area contributed by atoms with Crippen molar-refractivity contribution in [1.29, 1.82) is 0 Å². The second-order valence-electron chi connectivity index (χ2n) is 54.5. The fraction of sp³-hybridized carbons (Fsp3) is 0.685. The molecule has 14 aliphatic rings. The number of nitrogens with two attached hydrogens (primary N) is 7. The molecule has 7 aliphatic heterocycles. The van der Waals surface area contributed by atoms with Crippen LogP contribution in [-0.2, 0) is 57.8 Å². The molecule has 7 spiro atoms. The largest absolute Gasteiger partial charge is 0.323 e. The smallest absolute Gasteiger partial charge is 0.0457 e. The van der Waals surface area contributed by atoms with Gasteiger partial charge < -0.3 is 40.1 Å². The Balaban J connectivity index is 0.000000124. The molecule has 10 heterocycles. The highest BCUT2D eigenvalue weighted by Gasteiger charge is 2.55. The van der Waals surface area contributed by atoms with Gasteiger partial charge in [0.1, 0.15) is 0 Å². The summed E-state index contributed by atoms with van der Waals surface area (Å²) in [5.41, 5.74) is 77.8. The van der Waals surface area contributed by atoms with Gasteiger partial charge in [-0.15, -0.1) is 0 Å². The van der Waals surface area contributed by atoms with Crippen molar-refractivity contribution in [3.63, 3.8) is 0 Å². The standard InChI is InChI=1S/2C18H29N3.4C18H28N2.C16H25N3/c2*1-5-13-10-14-15(20-12-13)11-18(16(14)19)6-8-21(9-7-18)17(2,3)4;3*1-13-5-6-15-14(11-13)12-18(16(15)19)7-9-20(10-8-18)17(2,3)4;1-13-5-6-14-12-18(16(19)15(14)11-13)7-9-20(10-8-18)17(2,3)4;1-15(2,3)19-9-6-16(7-10-19)11-13-12(14(16)17)5-4-8-18-13/h2*10,12,16H,5-9,11,19H2,1-4H3;4*5-6,11,16H,7-10,12,19H2,1-4H3;4-5,8,14H,6-7,9-11,17H2,1-3H3/t6*16-;14-/m1011010/s1. The van der Waals surface area contributed by atoms with E-state index in [0.29, 0.717) is 21.7 Å². The Hall–Kier alpha value is -6.23. The normalized spacial score (nSPS) is 25.8. The predicted molar refractivity (Wildman–Crippen MR) is 592 cm³/mol. The van der Waals surface area contributed by atoms with Gasteiger partial charge in [-0.3, -0.25) is 49.3 Å². The van der Waals surface area contributed by atoms with Gasteiger partial charge in [0.05, 0.1) is 0 Å². The third kappa shape index (κ3) is 23.0. The van der Waals surface area contributed by atoms with Crippen molar-refractivity contribution < 1.29 is 0 Å². The number of benzene rings is 4. The first-order chi connectivity index (χ1) is 65.9. The lowest BCUT2D eigenvalue weighted by Gasteiger charge is -2.47. The molecule has 7 atom stereocenters. The van der Waals surface area contributed by atoms with E-state index in [1.165, 1.54) is 280 Å². The quantitative estimate of drug-likeness (QED) is 0.0851. The summed E-state index contributed by atoms with van der Waals surface area (Å²) in [6, 6.07) is 37.6. The van der Waals surface area contributed by atoms with Crippen molar-refractivity contribution in [3.8, 4) is 0 Å². The highest BCUT2D eigenvalue weighted by Crippen LogP contribution is 2.59. The van der Waals surface area contributed by atoms with Gasteiger partial charge in [-0.1, -0.05) is 127 Å². The zero-order valence-electron chi connectivity index (χ0n) is 93.7. The molecule has 0 radical (unpaired) electrons. The summed E-state index contributed by atoms with van der Waals surface area (Å²) in [7, 11) is 0. The van der Waals surface area contributed by atoms with Crippen LogP contribution in [0.5, 0.6) is 0 Å². The van der Waals surface area contributed by atoms with Gasteiger partial charge in [0.25, 0.3) is 0 Å². The molecule has 141 heavy (non-hydrogen) atoms. The van der Waals surface area contributed by atoms with Gasteiger partial charge in [-0.2, -0.15) is 0 Å². The zero-order chi connectivity index (χ0) is 102. The molecule has 3 aromatic heterocycles. The summed E-state index contributed by atoms with van der Waals surface area (Å²) in [5, 5.41) is 0. The topological polar surface area (TPSA) is 243 Å². The van der Waals surface area contributed by atoms with E-state index >= 15 is 0 Å². The molecule has 0 amide bonds. The number of rotatable bonds is 2. The zero-order valence-corrected chi connectivity index (χ0v) is 93.7. The summed E-state index contributed by atoms with van der Waals surface area (Å²) in [4.78, 5) is 32.2. The van der Waals surface area contributed by atoms with Crippen molar-refractivity contribution in [2.45, 2.75) is 416 Å². The molecule has 0 saturated carbocycles. The molecule has 7 aliphatic carbocycles. The molecular weight excluding hydrogens is 1730 g/mol. The van der Waals surface area contributed by atoms with Crippen LogP contribution >= 0.6 is 0 Å². The molecule has 7 fully saturated rings. The maximum Gasteiger partial charge on any atom is 0.0457 e. The number of aryl methyl sites for hydroxylation is 6. The number of aromatic nitrogens is 3. The second-order valence-corrected chi connectivity index (χ2v) is 54.5. The highest BCUT2D eigenvalue weighted by atomic mass is 15.2. The number of piperidine rings is 7. The molecule has 0 bridgehead atoms. The predicted octanol–water partition coefficient (Wildman–Crippen LogP) is 22.4. The van der Waals surface area contributed by atoms with Gasteiger partial charge in [-0.05, 0) is 529 Å². The average Bonchev–Trinajstić information content (AvgIpc) is 1.61. The fourth-order valence-electron chi connectivity index (χ4n) is 28.3. The number of pyridine rings is 3. The molecule has 0 unspecified atom stereocenters. The minimum absolute atomic E-state index is 0.175.